The van der Waals surface area contributed by atoms with E-state index in [1.165, 1.54) is 17.4 Å². The molecule has 10 heteroatoms. The first-order valence-corrected chi connectivity index (χ1v) is 9.24. The maximum absolute atomic E-state index is 12.3. The fourth-order valence-electron chi connectivity index (χ4n) is 1.58. The highest BCUT2D eigenvalue weighted by molar-refractivity contribution is 9.10. The van der Waals surface area contributed by atoms with Crippen LogP contribution in [0.2, 0.25) is 0 Å². The van der Waals surface area contributed by atoms with Gasteiger partial charge in [0.05, 0.1) is 6.54 Å². The number of hydrogen-bond donors (Lipinski definition) is 2. The second kappa shape index (κ2) is 6.42. The first-order valence-electron chi connectivity index (χ1n) is 6.15. The zero-order valence-electron chi connectivity index (χ0n) is 11.5. The molecule has 2 aromatic rings. The van der Waals surface area contributed by atoms with E-state index < -0.39 is 10.0 Å². The van der Waals surface area contributed by atoms with Gasteiger partial charge in [-0.2, -0.15) is 0 Å². The monoisotopic (exact) mass is 394 g/mol. The minimum absolute atomic E-state index is 0.0106. The molecule has 0 bridgehead atoms. The number of aromatic nitrogens is 2. The quantitative estimate of drug-likeness (QED) is 0.777. The lowest BCUT2D eigenvalue weighted by Gasteiger charge is -2.01. The Bertz CT molecular complexity index is 724. The van der Waals surface area contributed by atoms with Crippen LogP contribution in [0, 0.1) is 5.92 Å². The van der Waals surface area contributed by atoms with Crippen molar-refractivity contribution in [3.05, 3.63) is 21.5 Å². The summed E-state index contributed by atoms with van der Waals surface area (Å²) in [6.45, 7) is 4.23. The largest absolute Gasteiger partial charge is 0.452 e. The predicted octanol–water partition coefficient (Wildman–Crippen LogP) is 2.35. The number of halogens is 1. The van der Waals surface area contributed by atoms with Crippen LogP contribution in [0.4, 0.5) is 5.13 Å². The van der Waals surface area contributed by atoms with Crippen LogP contribution in [-0.4, -0.2) is 18.6 Å². The molecule has 0 aromatic carbocycles. The Balaban J connectivity index is 2.20. The summed E-state index contributed by atoms with van der Waals surface area (Å²) in [5.41, 5.74) is 5.43. The van der Waals surface area contributed by atoms with Crippen LogP contribution in [0.1, 0.15) is 24.6 Å². The first kappa shape index (κ1) is 16.4. The molecule has 0 saturated heterocycles. The standard InChI is InChI=1S/C11H15BrN4O3S2/c1-6(2)3-9-14-15-11(20-9)16-21(17,18)8-4-7(5-13)19-10(8)12/h4,6H,3,5,13H2,1-2H3,(H,15,16). The summed E-state index contributed by atoms with van der Waals surface area (Å²) in [4.78, 5) is -0.0106. The van der Waals surface area contributed by atoms with E-state index in [0.29, 0.717) is 11.7 Å². The maximum atomic E-state index is 12.3. The smallest absolute Gasteiger partial charge is 0.268 e. The highest BCUT2D eigenvalue weighted by Crippen LogP contribution is 2.28. The van der Waals surface area contributed by atoms with Crippen molar-refractivity contribution in [1.82, 2.24) is 10.2 Å². The van der Waals surface area contributed by atoms with E-state index in [-0.39, 0.29) is 21.2 Å². The molecule has 0 aliphatic heterocycles. The second-order valence-corrected chi connectivity index (χ2v) is 8.19. The lowest BCUT2D eigenvalue weighted by atomic mass is 10.1. The molecule has 0 atom stereocenters. The Hall–Kier alpha value is -0.970. The molecule has 0 saturated carbocycles. The third-order valence-electron chi connectivity index (χ3n) is 2.47. The fraction of sp³-hybridized carbons (Fsp3) is 0.455. The van der Waals surface area contributed by atoms with E-state index in [4.69, 9.17) is 10.2 Å². The van der Waals surface area contributed by atoms with Crippen LogP contribution < -0.4 is 10.5 Å². The molecule has 0 aliphatic rings. The molecule has 2 aromatic heterocycles. The number of nitrogens with one attached hydrogen (secondary N) is 1. The van der Waals surface area contributed by atoms with Crippen molar-refractivity contribution in [2.45, 2.75) is 31.7 Å². The summed E-state index contributed by atoms with van der Waals surface area (Å²) in [5, 5.41) is 8.83. The summed E-state index contributed by atoms with van der Waals surface area (Å²) in [7, 11) is -3.79. The van der Waals surface area contributed by atoms with Crippen LogP contribution >= 0.6 is 27.3 Å². The summed E-state index contributed by atoms with van der Waals surface area (Å²) >= 11 is 4.29. The van der Waals surface area contributed by atoms with Gasteiger partial charge in [0.15, 0.2) is 4.67 Å². The van der Waals surface area contributed by atoms with E-state index in [1.54, 1.807) is 0 Å². The van der Waals surface area contributed by atoms with Crippen LogP contribution in [0.3, 0.4) is 0 Å². The number of furan rings is 1. The molecule has 0 amide bonds. The Kier molecular flexibility index (Phi) is 5.02. The highest BCUT2D eigenvalue weighted by Gasteiger charge is 2.23. The van der Waals surface area contributed by atoms with Gasteiger partial charge in [-0.3, -0.25) is 4.72 Å². The molecule has 3 N–H and O–H groups in total. The van der Waals surface area contributed by atoms with Crippen LogP contribution in [0.25, 0.3) is 0 Å². The molecule has 21 heavy (non-hydrogen) atoms. The molecule has 0 spiro atoms. The molecule has 116 valence electrons. The summed E-state index contributed by atoms with van der Waals surface area (Å²) in [5.74, 6) is 0.803. The van der Waals surface area contributed by atoms with Crippen LogP contribution in [0.5, 0.6) is 0 Å². The Morgan fingerprint density at radius 2 is 2.19 bits per heavy atom. The van der Waals surface area contributed by atoms with Gasteiger partial charge in [0.1, 0.15) is 15.7 Å². The van der Waals surface area contributed by atoms with E-state index in [9.17, 15) is 8.42 Å². The first-order chi connectivity index (χ1) is 9.81. The molecule has 0 fully saturated rings. The Morgan fingerprint density at radius 3 is 2.76 bits per heavy atom. The number of nitrogens with zero attached hydrogens (tertiary/aromatic N) is 2. The SMILES string of the molecule is CC(C)Cc1nnc(NS(=O)(=O)c2cc(CN)oc2Br)s1. The predicted molar refractivity (Wildman–Crippen MR) is 83.6 cm³/mol. The van der Waals surface area contributed by atoms with Gasteiger partial charge in [0.25, 0.3) is 10.0 Å². The normalized spacial score (nSPS) is 12.0. The maximum Gasteiger partial charge on any atom is 0.268 e. The van der Waals surface area contributed by atoms with Crippen LogP contribution in [0.15, 0.2) is 20.0 Å². The zero-order valence-corrected chi connectivity index (χ0v) is 14.7. The minimum atomic E-state index is -3.79. The Labute approximate surface area is 135 Å². The van der Waals surface area contributed by atoms with Crippen molar-refractivity contribution in [3.8, 4) is 0 Å². The van der Waals surface area contributed by atoms with Gasteiger partial charge >= 0.3 is 0 Å². The third kappa shape index (κ3) is 4.02. The summed E-state index contributed by atoms with van der Waals surface area (Å²) in [6, 6.07) is 1.38. The fourth-order valence-corrected chi connectivity index (χ4v) is 4.76. The molecule has 2 rings (SSSR count). The number of nitrogens with two attached hydrogens (primary N) is 1. The molecular weight excluding hydrogens is 380 g/mol. The van der Waals surface area contributed by atoms with Crippen LogP contribution in [-0.2, 0) is 23.0 Å². The summed E-state index contributed by atoms with van der Waals surface area (Å²) < 4.78 is 32.3. The number of rotatable bonds is 6. The van der Waals surface area contributed by atoms with Crippen molar-refractivity contribution < 1.29 is 12.8 Å². The molecule has 0 radical (unpaired) electrons. The molecule has 7 nitrogen and oxygen atoms in total. The molecule has 2 heterocycles. The van der Waals surface area contributed by atoms with E-state index in [2.05, 4.69) is 44.7 Å². The van der Waals surface area contributed by atoms with Gasteiger partial charge < -0.3 is 10.2 Å². The minimum Gasteiger partial charge on any atom is -0.452 e. The van der Waals surface area contributed by atoms with Gasteiger partial charge in [-0.15, -0.1) is 10.2 Å². The molecular formula is C11H15BrN4O3S2. The highest BCUT2D eigenvalue weighted by atomic mass is 79.9. The van der Waals surface area contributed by atoms with Crippen molar-refractivity contribution in [2.24, 2.45) is 11.7 Å². The Morgan fingerprint density at radius 1 is 1.48 bits per heavy atom. The number of sulfonamides is 1. The molecule has 0 aliphatic carbocycles. The van der Waals surface area contributed by atoms with Crippen molar-refractivity contribution in [1.29, 1.82) is 0 Å². The van der Waals surface area contributed by atoms with Crippen molar-refractivity contribution >= 4 is 42.4 Å². The van der Waals surface area contributed by atoms with Crippen molar-refractivity contribution in [3.63, 3.8) is 0 Å². The third-order valence-corrected chi connectivity index (χ3v) is 5.65. The second-order valence-electron chi connectivity index (χ2n) is 4.76. The van der Waals surface area contributed by atoms with Gasteiger partial charge in [-0.05, 0) is 21.8 Å². The lowest BCUT2D eigenvalue weighted by Crippen LogP contribution is -2.12. The lowest BCUT2D eigenvalue weighted by molar-refractivity contribution is 0.484. The van der Waals surface area contributed by atoms with Gasteiger partial charge in [0, 0.05) is 12.5 Å². The number of hydrogen-bond acceptors (Lipinski definition) is 7. The zero-order chi connectivity index (χ0) is 15.6. The van der Waals surface area contributed by atoms with E-state index in [1.807, 2.05) is 0 Å². The van der Waals surface area contributed by atoms with Gasteiger partial charge in [0.2, 0.25) is 5.13 Å². The molecule has 0 unspecified atom stereocenters. The average Bonchev–Trinajstić information content (AvgIpc) is 2.95. The summed E-state index contributed by atoms with van der Waals surface area (Å²) in [6.07, 6.45) is 0.756. The van der Waals surface area contributed by atoms with E-state index >= 15 is 0 Å². The topological polar surface area (TPSA) is 111 Å². The van der Waals surface area contributed by atoms with Gasteiger partial charge in [-0.1, -0.05) is 25.2 Å². The van der Waals surface area contributed by atoms with E-state index in [0.717, 1.165) is 11.4 Å². The van der Waals surface area contributed by atoms with Gasteiger partial charge in [-0.25, -0.2) is 8.42 Å². The average molecular weight is 395 g/mol. The number of anilines is 1. The van der Waals surface area contributed by atoms with Crippen molar-refractivity contribution in [2.75, 3.05) is 4.72 Å².